The summed E-state index contributed by atoms with van der Waals surface area (Å²) in [6.07, 6.45) is -2.16. The molecule has 2 nitrogen and oxygen atoms in total. The van der Waals surface area contributed by atoms with Crippen LogP contribution in [0.2, 0.25) is 0 Å². The fourth-order valence-corrected chi connectivity index (χ4v) is 2.79. The summed E-state index contributed by atoms with van der Waals surface area (Å²) in [4.78, 5) is 2.92. The van der Waals surface area contributed by atoms with Crippen LogP contribution in [0, 0.1) is 0 Å². The molecule has 0 unspecified atom stereocenters. The molecule has 1 fully saturated rings. The van der Waals surface area contributed by atoms with E-state index < -0.39 is 11.7 Å². The Labute approximate surface area is 102 Å². The van der Waals surface area contributed by atoms with Gasteiger partial charge in [-0.1, -0.05) is 18.2 Å². The molecule has 0 amide bonds. The zero-order valence-corrected chi connectivity index (χ0v) is 9.64. The van der Waals surface area contributed by atoms with Gasteiger partial charge in [0.15, 0.2) is 0 Å². The van der Waals surface area contributed by atoms with Crippen molar-refractivity contribution < 1.29 is 13.2 Å². The number of hydrogen-bond donors (Lipinski definition) is 2. The number of aromatic nitrogens is 1. The van der Waals surface area contributed by atoms with Gasteiger partial charge in [0.1, 0.15) is 5.54 Å². The molecular formula is C13H13F3N2. The molecule has 1 atom stereocenters. The molecule has 3 rings (SSSR count). The van der Waals surface area contributed by atoms with E-state index in [4.69, 9.17) is 0 Å². The Hall–Kier alpha value is -1.49. The highest BCUT2D eigenvalue weighted by Crippen LogP contribution is 2.46. The van der Waals surface area contributed by atoms with E-state index in [1.54, 1.807) is 18.2 Å². The van der Waals surface area contributed by atoms with Crippen LogP contribution in [0.5, 0.6) is 0 Å². The lowest BCUT2D eigenvalue weighted by atomic mass is 9.87. The minimum atomic E-state index is -4.28. The second-order valence-corrected chi connectivity index (χ2v) is 4.68. The number of halogens is 3. The van der Waals surface area contributed by atoms with Gasteiger partial charge in [-0.25, -0.2) is 0 Å². The number of H-pyrrole nitrogens is 1. The summed E-state index contributed by atoms with van der Waals surface area (Å²) in [5.74, 6) is 0. The van der Waals surface area contributed by atoms with Crippen LogP contribution in [-0.2, 0) is 5.54 Å². The number of aromatic amines is 1. The molecule has 0 spiro atoms. The first kappa shape index (κ1) is 11.6. The van der Waals surface area contributed by atoms with Crippen molar-refractivity contribution >= 4 is 10.9 Å². The van der Waals surface area contributed by atoms with Crippen LogP contribution in [0.1, 0.15) is 18.4 Å². The summed E-state index contributed by atoms with van der Waals surface area (Å²) < 4.78 is 40.3. The van der Waals surface area contributed by atoms with Gasteiger partial charge in [0.2, 0.25) is 0 Å². The lowest BCUT2D eigenvalue weighted by Gasteiger charge is -2.31. The van der Waals surface area contributed by atoms with Crippen molar-refractivity contribution in [1.82, 2.24) is 10.3 Å². The summed E-state index contributed by atoms with van der Waals surface area (Å²) >= 11 is 0. The van der Waals surface area contributed by atoms with Crippen LogP contribution in [0.4, 0.5) is 13.2 Å². The van der Waals surface area contributed by atoms with Gasteiger partial charge in [-0.05, 0) is 25.5 Å². The minimum absolute atomic E-state index is 0.0956. The highest BCUT2D eigenvalue weighted by molar-refractivity contribution is 5.84. The van der Waals surface area contributed by atoms with E-state index in [1.165, 1.54) is 6.20 Å². The topological polar surface area (TPSA) is 27.8 Å². The number of hydrogen-bond acceptors (Lipinski definition) is 1. The Morgan fingerprint density at radius 1 is 1.17 bits per heavy atom. The number of alkyl halides is 3. The largest absolute Gasteiger partial charge is 0.410 e. The van der Waals surface area contributed by atoms with E-state index >= 15 is 0 Å². The van der Waals surface area contributed by atoms with E-state index in [0.717, 1.165) is 5.52 Å². The fourth-order valence-electron chi connectivity index (χ4n) is 2.79. The smallest absolute Gasteiger partial charge is 0.361 e. The molecule has 1 aliphatic rings. The van der Waals surface area contributed by atoms with Crippen LogP contribution in [0.15, 0.2) is 30.5 Å². The van der Waals surface area contributed by atoms with Crippen molar-refractivity contribution in [3.63, 3.8) is 0 Å². The first-order valence-electron chi connectivity index (χ1n) is 5.93. The van der Waals surface area contributed by atoms with Crippen LogP contribution in [0.3, 0.4) is 0 Å². The highest BCUT2D eigenvalue weighted by atomic mass is 19.4. The number of nitrogens with one attached hydrogen (secondary N) is 2. The molecule has 2 heterocycles. The van der Waals surface area contributed by atoms with Gasteiger partial charge in [0.05, 0.1) is 0 Å². The van der Waals surface area contributed by atoms with Crippen molar-refractivity contribution in [1.29, 1.82) is 0 Å². The molecule has 0 saturated carbocycles. The van der Waals surface area contributed by atoms with E-state index in [-0.39, 0.29) is 6.42 Å². The van der Waals surface area contributed by atoms with Gasteiger partial charge < -0.3 is 4.98 Å². The summed E-state index contributed by atoms with van der Waals surface area (Å²) in [5, 5.41) is 3.30. The molecule has 0 radical (unpaired) electrons. The second-order valence-electron chi connectivity index (χ2n) is 4.68. The molecule has 2 aromatic rings. The predicted molar refractivity (Wildman–Crippen MR) is 63.3 cm³/mol. The first-order valence-corrected chi connectivity index (χ1v) is 5.93. The Morgan fingerprint density at radius 2 is 1.94 bits per heavy atom. The van der Waals surface area contributed by atoms with Gasteiger partial charge in [0.25, 0.3) is 0 Å². The van der Waals surface area contributed by atoms with E-state index in [1.807, 2.05) is 6.07 Å². The number of rotatable bonds is 1. The Balaban J connectivity index is 2.22. The average Bonchev–Trinajstić information content (AvgIpc) is 2.94. The quantitative estimate of drug-likeness (QED) is 0.802. The fraction of sp³-hybridized carbons (Fsp3) is 0.385. The molecule has 0 bridgehead atoms. The zero-order chi connectivity index (χ0) is 12.8. The number of fused-ring (bicyclic) bond motifs is 1. The first-order chi connectivity index (χ1) is 8.55. The standard InChI is InChI=1S/C13H13F3N2/c14-13(15,16)12(6-3-7-18-12)10-8-17-11-5-2-1-4-9(10)11/h1-2,4-5,8,17-18H,3,6-7H2/t12-/m1/s1. The lowest BCUT2D eigenvalue weighted by molar-refractivity contribution is -0.195. The third-order valence-corrected chi connectivity index (χ3v) is 3.69. The van der Waals surface area contributed by atoms with Crippen molar-refractivity contribution in [3.8, 4) is 0 Å². The van der Waals surface area contributed by atoms with Crippen LogP contribution in [0.25, 0.3) is 10.9 Å². The normalized spacial score (nSPS) is 24.8. The van der Waals surface area contributed by atoms with Crippen LogP contribution >= 0.6 is 0 Å². The van der Waals surface area contributed by atoms with Crippen molar-refractivity contribution in [3.05, 3.63) is 36.0 Å². The minimum Gasteiger partial charge on any atom is -0.361 e. The van der Waals surface area contributed by atoms with E-state index in [9.17, 15) is 13.2 Å². The second kappa shape index (κ2) is 3.75. The van der Waals surface area contributed by atoms with Gasteiger partial charge >= 0.3 is 6.18 Å². The van der Waals surface area contributed by atoms with Crippen LogP contribution in [-0.4, -0.2) is 17.7 Å². The lowest BCUT2D eigenvalue weighted by Crippen LogP contribution is -2.49. The molecule has 2 N–H and O–H groups in total. The van der Waals surface area contributed by atoms with E-state index in [2.05, 4.69) is 10.3 Å². The Kier molecular flexibility index (Phi) is 2.41. The molecule has 18 heavy (non-hydrogen) atoms. The monoisotopic (exact) mass is 254 g/mol. The third kappa shape index (κ3) is 1.47. The van der Waals surface area contributed by atoms with Gasteiger partial charge in [-0.3, -0.25) is 5.32 Å². The summed E-state index contributed by atoms with van der Waals surface area (Å²) in [7, 11) is 0. The molecule has 96 valence electrons. The predicted octanol–water partition coefficient (Wildman–Crippen LogP) is 3.31. The van der Waals surface area contributed by atoms with Gasteiger partial charge in [0, 0.05) is 22.7 Å². The van der Waals surface area contributed by atoms with Crippen LogP contribution < -0.4 is 5.32 Å². The van der Waals surface area contributed by atoms with Crippen molar-refractivity contribution in [2.45, 2.75) is 24.6 Å². The van der Waals surface area contributed by atoms with E-state index in [0.29, 0.717) is 23.9 Å². The maximum Gasteiger partial charge on any atom is 0.410 e. The van der Waals surface area contributed by atoms with Crippen molar-refractivity contribution in [2.75, 3.05) is 6.54 Å². The summed E-state index contributed by atoms with van der Waals surface area (Å²) in [6, 6.07) is 7.09. The molecule has 0 aliphatic carbocycles. The maximum absolute atomic E-state index is 13.4. The molecule has 1 saturated heterocycles. The van der Waals surface area contributed by atoms with Gasteiger partial charge in [-0.15, -0.1) is 0 Å². The molecular weight excluding hydrogens is 241 g/mol. The molecule has 1 aromatic heterocycles. The van der Waals surface area contributed by atoms with Gasteiger partial charge in [-0.2, -0.15) is 13.2 Å². The Morgan fingerprint density at radius 3 is 2.61 bits per heavy atom. The third-order valence-electron chi connectivity index (χ3n) is 3.69. The SMILES string of the molecule is FC(F)(F)[C@]1(c2c[nH]c3ccccc23)CCCN1. The maximum atomic E-state index is 13.4. The Bertz CT molecular complexity index is 565. The molecule has 1 aliphatic heterocycles. The number of para-hydroxylation sites is 1. The zero-order valence-electron chi connectivity index (χ0n) is 9.64. The van der Waals surface area contributed by atoms with Crippen molar-refractivity contribution in [2.24, 2.45) is 0 Å². The average molecular weight is 254 g/mol. The molecule has 5 heteroatoms. The number of benzene rings is 1. The highest BCUT2D eigenvalue weighted by Gasteiger charge is 2.57. The molecule has 1 aromatic carbocycles. The summed E-state index contributed by atoms with van der Waals surface area (Å²) in [5.41, 5.74) is -0.847. The summed E-state index contributed by atoms with van der Waals surface area (Å²) in [6.45, 7) is 0.402.